The second-order valence-corrected chi connectivity index (χ2v) is 9.45. The Labute approximate surface area is 199 Å². The molecule has 0 saturated heterocycles. The summed E-state index contributed by atoms with van der Waals surface area (Å²) in [6.07, 6.45) is 31.6. The maximum atomic E-state index is 10.2. The second kappa shape index (κ2) is 24.3. The standard InChI is InChI=1S/C16H32O2.C12H23N2/c1-2-3-4-5-6-7-8-9-10-11-12-13-14-15-16(17)18;1-3-4-5-6-7-8-9-14-11-10-13(2)12-14/h2-15H2,1H3,(H,17,18);10-12H,3-9H2,1-2H3/q;+1/p-1. The van der Waals surface area contributed by atoms with Crippen molar-refractivity contribution in [3.8, 4) is 0 Å². The summed E-state index contributed by atoms with van der Waals surface area (Å²) in [7, 11) is 2.07. The van der Waals surface area contributed by atoms with Crippen LogP contribution in [-0.2, 0) is 18.4 Å². The number of carbonyl (C=O) groups is 1. The molecular formula is C28H54N2O2. The first-order valence-electron chi connectivity index (χ1n) is 13.8. The van der Waals surface area contributed by atoms with Crippen molar-refractivity contribution in [2.75, 3.05) is 0 Å². The van der Waals surface area contributed by atoms with Crippen LogP contribution in [0.1, 0.15) is 142 Å². The van der Waals surface area contributed by atoms with E-state index < -0.39 is 5.97 Å². The highest BCUT2D eigenvalue weighted by molar-refractivity contribution is 5.63. The smallest absolute Gasteiger partial charge is 0.243 e. The second-order valence-electron chi connectivity index (χ2n) is 9.45. The number of aromatic nitrogens is 2. The fourth-order valence-electron chi connectivity index (χ4n) is 4.00. The number of unbranched alkanes of at least 4 members (excludes halogenated alkanes) is 17. The van der Waals surface area contributed by atoms with Crippen LogP contribution in [0.4, 0.5) is 0 Å². The van der Waals surface area contributed by atoms with Crippen LogP contribution in [0.3, 0.4) is 0 Å². The Morgan fingerprint density at radius 2 is 1.09 bits per heavy atom. The molecule has 4 heteroatoms. The van der Waals surface area contributed by atoms with E-state index in [2.05, 4.69) is 48.8 Å². The minimum absolute atomic E-state index is 0.234. The van der Waals surface area contributed by atoms with E-state index >= 15 is 0 Å². The first kappa shape index (κ1) is 30.7. The van der Waals surface area contributed by atoms with Crippen LogP contribution >= 0.6 is 0 Å². The number of carboxylic acid groups (broad SMARTS) is 1. The Balaban J connectivity index is 0.000000618. The van der Waals surface area contributed by atoms with Gasteiger partial charge in [-0.25, -0.2) is 9.13 Å². The van der Waals surface area contributed by atoms with Gasteiger partial charge in [0.2, 0.25) is 6.33 Å². The monoisotopic (exact) mass is 450 g/mol. The number of carboxylic acids is 1. The summed E-state index contributed by atoms with van der Waals surface area (Å²) < 4.78 is 4.36. The van der Waals surface area contributed by atoms with Gasteiger partial charge in [0.1, 0.15) is 12.4 Å². The van der Waals surface area contributed by atoms with Crippen molar-refractivity contribution in [1.29, 1.82) is 0 Å². The summed E-state index contributed by atoms with van der Waals surface area (Å²) in [5, 5.41) is 10.2. The third-order valence-electron chi connectivity index (χ3n) is 6.08. The minimum Gasteiger partial charge on any atom is -0.550 e. The number of carbonyl (C=O) groups excluding carboxylic acids is 1. The number of hydrogen-bond donors (Lipinski definition) is 0. The molecule has 1 aromatic rings. The first-order valence-corrected chi connectivity index (χ1v) is 13.8. The van der Waals surface area contributed by atoms with Gasteiger partial charge in [-0.2, -0.15) is 0 Å². The summed E-state index contributed by atoms with van der Waals surface area (Å²) in [5.74, 6) is -0.905. The maximum absolute atomic E-state index is 10.2. The van der Waals surface area contributed by atoms with Gasteiger partial charge in [-0.05, 0) is 25.7 Å². The molecule has 32 heavy (non-hydrogen) atoms. The van der Waals surface area contributed by atoms with E-state index in [-0.39, 0.29) is 6.42 Å². The lowest BCUT2D eigenvalue weighted by molar-refractivity contribution is -0.696. The van der Waals surface area contributed by atoms with Gasteiger partial charge in [-0.3, -0.25) is 0 Å². The quantitative estimate of drug-likeness (QED) is 0.151. The number of hydrogen-bond acceptors (Lipinski definition) is 2. The van der Waals surface area contributed by atoms with E-state index in [4.69, 9.17) is 0 Å². The molecule has 0 aliphatic heterocycles. The largest absolute Gasteiger partial charge is 0.550 e. The average Bonchev–Trinajstić information content (AvgIpc) is 3.19. The van der Waals surface area contributed by atoms with E-state index in [1.54, 1.807) is 0 Å². The fraction of sp³-hybridized carbons (Fsp3) is 0.857. The molecular weight excluding hydrogens is 396 g/mol. The Hall–Kier alpha value is -1.32. The zero-order valence-corrected chi connectivity index (χ0v) is 21.8. The zero-order chi connectivity index (χ0) is 23.7. The Morgan fingerprint density at radius 1 is 0.688 bits per heavy atom. The Kier molecular flexibility index (Phi) is 23.3. The number of nitrogens with zero attached hydrogens (tertiary/aromatic N) is 2. The van der Waals surface area contributed by atoms with Gasteiger partial charge >= 0.3 is 0 Å². The summed E-state index contributed by atoms with van der Waals surface area (Å²) in [6, 6.07) is 0. The first-order chi connectivity index (χ1) is 15.6. The van der Waals surface area contributed by atoms with Gasteiger partial charge in [0.25, 0.3) is 0 Å². The van der Waals surface area contributed by atoms with Crippen LogP contribution < -0.4 is 9.67 Å². The predicted octanol–water partition coefficient (Wildman–Crippen LogP) is 6.89. The van der Waals surface area contributed by atoms with E-state index in [9.17, 15) is 9.90 Å². The third-order valence-corrected chi connectivity index (χ3v) is 6.08. The van der Waals surface area contributed by atoms with Crippen LogP contribution in [0.5, 0.6) is 0 Å². The molecule has 1 rings (SSSR count). The van der Waals surface area contributed by atoms with Gasteiger partial charge in [0.05, 0.1) is 13.6 Å². The van der Waals surface area contributed by atoms with Crippen molar-refractivity contribution in [1.82, 2.24) is 4.57 Å². The van der Waals surface area contributed by atoms with E-state index in [0.717, 1.165) is 12.8 Å². The number of aryl methyl sites for hydroxylation is 2. The summed E-state index contributed by atoms with van der Waals surface area (Å²) in [6.45, 7) is 5.69. The fourth-order valence-corrected chi connectivity index (χ4v) is 4.00. The van der Waals surface area contributed by atoms with Crippen molar-refractivity contribution in [2.45, 2.75) is 149 Å². The average molecular weight is 451 g/mol. The lowest BCUT2D eigenvalue weighted by Gasteiger charge is -2.03. The molecule has 4 nitrogen and oxygen atoms in total. The normalized spacial score (nSPS) is 10.7. The number of imidazole rings is 1. The molecule has 0 spiro atoms. The van der Waals surface area contributed by atoms with Crippen LogP contribution in [0.15, 0.2) is 18.7 Å². The van der Waals surface area contributed by atoms with Crippen molar-refractivity contribution in [2.24, 2.45) is 7.05 Å². The van der Waals surface area contributed by atoms with Gasteiger partial charge in [0, 0.05) is 5.97 Å². The molecule has 0 saturated carbocycles. The van der Waals surface area contributed by atoms with E-state index in [1.807, 2.05) is 0 Å². The lowest BCUT2D eigenvalue weighted by Crippen LogP contribution is -2.30. The van der Waals surface area contributed by atoms with Crippen LogP contribution in [0.2, 0.25) is 0 Å². The molecule has 0 bridgehead atoms. The highest BCUT2D eigenvalue weighted by Gasteiger charge is 1.98. The van der Waals surface area contributed by atoms with Gasteiger partial charge in [0.15, 0.2) is 0 Å². The molecule has 0 radical (unpaired) electrons. The van der Waals surface area contributed by atoms with Crippen molar-refractivity contribution < 1.29 is 14.5 Å². The Bertz CT molecular complexity index is 513. The number of aliphatic carboxylic acids is 1. The van der Waals surface area contributed by atoms with Crippen molar-refractivity contribution in [3.05, 3.63) is 18.7 Å². The van der Waals surface area contributed by atoms with Crippen molar-refractivity contribution >= 4 is 5.97 Å². The molecule has 0 aromatic carbocycles. The third kappa shape index (κ3) is 23.3. The van der Waals surface area contributed by atoms with Gasteiger partial charge in [-0.15, -0.1) is 0 Å². The molecule has 0 aliphatic rings. The summed E-state index contributed by atoms with van der Waals surface area (Å²) in [5.41, 5.74) is 0. The Morgan fingerprint density at radius 3 is 1.47 bits per heavy atom. The molecule has 188 valence electrons. The van der Waals surface area contributed by atoms with Crippen LogP contribution in [0.25, 0.3) is 0 Å². The molecule has 1 aromatic heterocycles. The molecule has 1 heterocycles. The minimum atomic E-state index is -0.905. The topological polar surface area (TPSA) is 48.9 Å². The lowest BCUT2D eigenvalue weighted by atomic mass is 10.0. The molecule has 0 fully saturated rings. The van der Waals surface area contributed by atoms with Crippen molar-refractivity contribution in [3.63, 3.8) is 0 Å². The molecule has 0 unspecified atom stereocenters. The molecule has 0 aliphatic carbocycles. The summed E-state index contributed by atoms with van der Waals surface area (Å²) in [4.78, 5) is 10.2. The maximum Gasteiger partial charge on any atom is 0.243 e. The van der Waals surface area contributed by atoms with Crippen LogP contribution in [-0.4, -0.2) is 10.5 Å². The predicted molar refractivity (Wildman–Crippen MR) is 134 cm³/mol. The SMILES string of the molecule is CCCCCCCCCCCCCCCC(=O)[O-].CCCCCCCC[n+]1ccn(C)c1. The molecule has 0 atom stereocenters. The van der Waals surface area contributed by atoms with Gasteiger partial charge in [-0.1, -0.05) is 117 Å². The summed E-state index contributed by atoms with van der Waals surface area (Å²) >= 11 is 0. The molecule has 0 amide bonds. The molecule has 0 N–H and O–H groups in total. The van der Waals surface area contributed by atoms with E-state index in [0.29, 0.717) is 0 Å². The van der Waals surface area contributed by atoms with Crippen LogP contribution in [0, 0.1) is 0 Å². The zero-order valence-electron chi connectivity index (χ0n) is 21.8. The number of rotatable bonds is 21. The van der Waals surface area contributed by atoms with Gasteiger partial charge < -0.3 is 9.90 Å². The highest BCUT2D eigenvalue weighted by Crippen LogP contribution is 2.12. The highest BCUT2D eigenvalue weighted by atomic mass is 16.4. The van der Waals surface area contributed by atoms with E-state index in [1.165, 1.54) is 116 Å².